The van der Waals surface area contributed by atoms with Gasteiger partial charge in [0.25, 0.3) is 0 Å². The molecule has 0 aromatic heterocycles. The number of hydrogen-bond acceptors (Lipinski definition) is 2. The molecule has 2 aromatic rings. The largest absolute Gasteiger partial charge is 0.322 e. The third-order valence-corrected chi connectivity index (χ3v) is 2.90. The van der Waals surface area contributed by atoms with Crippen molar-refractivity contribution >= 4 is 11.6 Å². The number of halogens is 3. The van der Waals surface area contributed by atoms with Gasteiger partial charge in [-0.2, -0.15) is 0 Å². The monoisotopic (exact) mass is 294 g/mol. The summed E-state index contributed by atoms with van der Waals surface area (Å²) in [5, 5.41) is 2.15. The summed E-state index contributed by atoms with van der Waals surface area (Å²) in [7, 11) is 0. The van der Waals surface area contributed by atoms with Gasteiger partial charge in [-0.3, -0.25) is 4.79 Å². The van der Waals surface area contributed by atoms with E-state index in [1.165, 1.54) is 0 Å². The Morgan fingerprint density at radius 3 is 2.33 bits per heavy atom. The van der Waals surface area contributed by atoms with Crippen LogP contribution < -0.4 is 11.1 Å². The molecule has 0 fully saturated rings. The molecular formula is C15H13F3N2O. The van der Waals surface area contributed by atoms with E-state index in [1.807, 2.05) is 6.07 Å². The summed E-state index contributed by atoms with van der Waals surface area (Å²) in [6.07, 6.45) is 0.248. The number of nitrogens with two attached hydrogens (primary N) is 1. The maximum Gasteiger partial charge on any atom is 0.241 e. The molecule has 1 amide bonds. The molecule has 3 nitrogen and oxygen atoms in total. The SMILES string of the molecule is NC(Cc1ccccc1)C(=O)Nc1cc(F)c(F)cc1F. The first-order valence-corrected chi connectivity index (χ1v) is 6.22. The molecule has 0 saturated heterocycles. The lowest BCUT2D eigenvalue weighted by Gasteiger charge is -2.13. The Balaban J connectivity index is 2.06. The molecule has 0 heterocycles. The highest BCUT2D eigenvalue weighted by molar-refractivity contribution is 5.94. The summed E-state index contributed by atoms with van der Waals surface area (Å²) in [5.74, 6) is -4.31. The van der Waals surface area contributed by atoms with Crippen LogP contribution in [0.1, 0.15) is 5.56 Å². The van der Waals surface area contributed by atoms with Gasteiger partial charge >= 0.3 is 0 Å². The summed E-state index contributed by atoms with van der Waals surface area (Å²) >= 11 is 0. The van der Waals surface area contributed by atoms with E-state index in [9.17, 15) is 18.0 Å². The molecule has 21 heavy (non-hydrogen) atoms. The predicted molar refractivity (Wildman–Crippen MR) is 73.1 cm³/mol. The first-order valence-electron chi connectivity index (χ1n) is 6.22. The van der Waals surface area contributed by atoms with Crippen LogP contribution >= 0.6 is 0 Å². The number of carbonyl (C=O) groups excluding carboxylic acids is 1. The average Bonchev–Trinajstić information content (AvgIpc) is 2.45. The van der Waals surface area contributed by atoms with Crippen LogP contribution in [0.15, 0.2) is 42.5 Å². The van der Waals surface area contributed by atoms with Crippen molar-refractivity contribution in [2.24, 2.45) is 5.73 Å². The number of carbonyl (C=O) groups is 1. The Bertz CT molecular complexity index is 647. The van der Waals surface area contributed by atoms with Gasteiger partial charge in [0.1, 0.15) is 5.82 Å². The maximum atomic E-state index is 13.4. The lowest BCUT2D eigenvalue weighted by molar-refractivity contribution is -0.117. The van der Waals surface area contributed by atoms with Gasteiger partial charge in [0.2, 0.25) is 5.91 Å². The van der Waals surface area contributed by atoms with Crippen molar-refractivity contribution in [3.8, 4) is 0 Å². The van der Waals surface area contributed by atoms with E-state index >= 15 is 0 Å². The second kappa shape index (κ2) is 6.41. The molecule has 0 spiro atoms. The maximum absolute atomic E-state index is 13.4. The molecule has 1 atom stereocenters. The van der Waals surface area contributed by atoms with Crippen LogP contribution in [0.5, 0.6) is 0 Å². The number of amides is 1. The molecule has 0 radical (unpaired) electrons. The minimum Gasteiger partial charge on any atom is -0.322 e. The van der Waals surface area contributed by atoms with Crippen LogP contribution in [0.25, 0.3) is 0 Å². The summed E-state index contributed by atoms with van der Waals surface area (Å²) in [6, 6.07) is 9.04. The molecule has 2 rings (SSSR count). The van der Waals surface area contributed by atoms with Gasteiger partial charge in [0.05, 0.1) is 11.7 Å². The van der Waals surface area contributed by atoms with E-state index < -0.39 is 35.1 Å². The summed E-state index contributed by atoms with van der Waals surface area (Å²) in [4.78, 5) is 11.8. The smallest absolute Gasteiger partial charge is 0.241 e. The highest BCUT2D eigenvalue weighted by Crippen LogP contribution is 2.18. The molecule has 1 unspecified atom stereocenters. The lowest BCUT2D eigenvalue weighted by Crippen LogP contribution is -2.37. The van der Waals surface area contributed by atoms with E-state index in [-0.39, 0.29) is 6.42 Å². The second-order valence-corrected chi connectivity index (χ2v) is 4.53. The second-order valence-electron chi connectivity index (χ2n) is 4.53. The summed E-state index contributed by atoms with van der Waals surface area (Å²) in [6.45, 7) is 0. The Kier molecular flexibility index (Phi) is 4.59. The van der Waals surface area contributed by atoms with Crippen molar-refractivity contribution in [1.29, 1.82) is 0 Å². The normalized spacial score (nSPS) is 12.0. The fourth-order valence-corrected chi connectivity index (χ4v) is 1.80. The van der Waals surface area contributed by atoms with Crippen molar-refractivity contribution in [1.82, 2.24) is 0 Å². The van der Waals surface area contributed by atoms with E-state index in [2.05, 4.69) is 5.32 Å². The molecule has 0 saturated carbocycles. The minimum atomic E-state index is -1.32. The standard InChI is InChI=1S/C15H13F3N2O/c16-10-7-12(18)14(8-11(10)17)20-15(21)13(19)6-9-4-2-1-3-5-9/h1-5,7-8,13H,6,19H2,(H,20,21). The zero-order chi connectivity index (χ0) is 15.4. The highest BCUT2D eigenvalue weighted by Gasteiger charge is 2.17. The molecule has 3 N–H and O–H groups in total. The number of benzene rings is 2. The fraction of sp³-hybridized carbons (Fsp3) is 0.133. The third kappa shape index (κ3) is 3.82. The zero-order valence-electron chi connectivity index (χ0n) is 10.9. The van der Waals surface area contributed by atoms with E-state index in [1.54, 1.807) is 24.3 Å². The highest BCUT2D eigenvalue weighted by atomic mass is 19.2. The summed E-state index contributed by atoms with van der Waals surface area (Å²) < 4.78 is 39.2. The molecule has 0 aliphatic rings. The number of nitrogens with one attached hydrogen (secondary N) is 1. The first kappa shape index (κ1) is 15.1. The van der Waals surface area contributed by atoms with Crippen molar-refractivity contribution in [3.05, 3.63) is 65.5 Å². The van der Waals surface area contributed by atoms with Gasteiger partial charge in [-0.25, -0.2) is 13.2 Å². The van der Waals surface area contributed by atoms with Gasteiger partial charge in [0, 0.05) is 12.1 Å². The molecule has 0 aliphatic carbocycles. The van der Waals surface area contributed by atoms with Crippen LogP contribution in [-0.2, 0) is 11.2 Å². The minimum absolute atomic E-state index is 0.248. The molecule has 0 bridgehead atoms. The van der Waals surface area contributed by atoms with Gasteiger partial charge in [0.15, 0.2) is 11.6 Å². The van der Waals surface area contributed by atoms with Crippen molar-refractivity contribution in [2.75, 3.05) is 5.32 Å². The van der Waals surface area contributed by atoms with Gasteiger partial charge < -0.3 is 11.1 Å². The van der Waals surface area contributed by atoms with Gasteiger partial charge in [-0.15, -0.1) is 0 Å². The lowest BCUT2D eigenvalue weighted by atomic mass is 10.1. The van der Waals surface area contributed by atoms with Crippen LogP contribution in [0, 0.1) is 17.5 Å². The van der Waals surface area contributed by atoms with Crippen LogP contribution in [0.4, 0.5) is 18.9 Å². The molecular weight excluding hydrogens is 281 g/mol. The predicted octanol–water partition coefficient (Wildman–Crippen LogP) is 2.61. The average molecular weight is 294 g/mol. The summed E-state index contributed by atoms with van der Waals surface area (Å²) in [5.41, 5.74) is 6.11. The van der Waals surface area contributed by atoms with Crippen molar-refractivity contribution in [2.45, 2.75) is 12.5 Å². The first-order chi connectivity index (χ1) is 9.97. The van der Waals surface area contributed by atoms with Crippen LogP contribution in [-0.4, -0.2) is 11.9 Å². The van der Waals surface area contributed by atoms with Crippen LogP contribution in [0.3, 0.4) is 0 Å². The molecule has 6 heteroatoms. The van der Waals surface area contributed by atoms with Crippen LogP contribution in [0.2, 0.25) is 0 Å². The van der Waals surface area contributed by atoms with E-state index in [0.717, 1.165) is 5.56 Å². The number of anilines is 1. The van der Waals surface area contributed by atoms with Crippen molar-refractivity contribution in [3.63, 3.8) is 0 Å². The number of rotatable bonds is 4. The molecule has 110 valence electrons. The Morgan fingerprint density at radius 2 is 1.67 bits per heavy atom. The third-order valence-electron chi connectivity index (χ3n) is 2.90. The van der Waals surface area contributed by atoms with E-state index in [4.69, 9.17) is 5.73 Å². The van der Waals surface area contributed by atoms with Gasteiger partial charge in [-0.05, 0) is 12.0 Å². The van der Waals surface area contributed by atoms with Crippen molar-refractivity contribution < 1.29 is 18.0 Å². The topological polar surface area (TPSA) is 55.1 Å². The van der Waals surface area contributed by atoms with Gasteiger partial charge in [-0.1, -0.05) is 30.3 Å². The molecule has 0 aliphatic heterocycles. The zero-order valence-corrected chi connectivity index (χ0v) is 10.9. The van der Waals surface area contributed by atoms with E-state index in [0.29, 0.717) is 12.1 Å². The quantitative estimate of drug-likeness (QED) is 0.852. The Morgan fingerprint density at radius 1 is 1.05 bits per heavy atom. The number of hydrogen-bond donors (Lipinski definition) is 2. The Hall–Kier alpha value is -2.34. The molecule has 2 aromatic carbocycles. The fourth-order valence-electron chi connectivity index (χ4n) is 1.80. The Labute approximate surface area is 119 Å².